The van der Waals surface area contributed by atoms with Crippen LogP contribution in [0.4, 0.5) is 5.82 Å². The van der Waals surface area contributed by atoms with E-state index in [4.69, 9.17) is 0 Å². The van der Waals surface area contributed by atoms with E-state index >= 15 is 0 Å². The topological polar surface area (TPSA) is 104 Å². The highest BCUT2D eigenvalue weighted by Crippen LogP contribution is 2.08. The first-order valence-corrected chi connectivity index (χ1v) is 7.52. The fraction of sp³-hybridized carbons (Fsp3) is 0.600. The number of anilines is 1. The van der Waals surface area contributed by atoms with Crippen LogP contribution in [0, 0.1) is 6.92 Å². The van der Waals surface area contributed by atoms with Gasteiger partial charge in [0.05, 0.1) is 11.5 Å². The number of hydrogen-bond acceptors (Lipinski definition) is 5. The molecular formula is C10H16N4O3S. The van der Waals surface area contributed by atoms with Crippen molar-refractivity contribution >= 4 is 21.6 Å². The van der Waals surface area contributed by atoms with Crippen LogP contribution in [0.5, 0.6) is 0 Å². The second-order valence-corrected chi connectivity index (χ2v) is 6.68. The van der Waals surface area contributed by atoms with Crippen LogP contribution in [-0.4, -0.2) is 48.6 Å². The quantitative estimate of drug-likeness (QED) is 0.684. The lowest BCUT2D eigenvalue weighted by Gasteiger charge is -2.22. The van der Waals surface area contributed by atoms with Gasteiger partial charge in [-0.05, 0) is 6.92 Å². The number of H-pyrrole nitrogens is 1. The Balaban J connectivity index is 1.88. The molecule has 0 aliphatic carbocycles. The van der Waals surface area contributed by atoms with E-state index in [1.54, 1.807) is 6.07 Å². The normalized spacial score (nSPS) is 22.6. The Hall–Kier alpha value is -1.41. The molecule has 1 unspecified atom stereocenters. The first kappa shape index (κ1) is 13.0. The van der Waals surface area contributed by atoms with Crippen LogP contribution in [-0.2, 0) is 14.6 Å². The van der Waals surface area contributed by atoms with Gasteiger partial charge in [0.15, 0.2) is 15.7 Å². The minimum Gasteiger partial charge on any atom is -0.311 e. The Morgan fingerprint density at radius 2 is 2.39 bits per heavy atom. The molecule has 1 aromatic heterocycles. The van der Waals surface area contributed by atoms with Gasteiger partial charge in [-0.15, -0.1) is 0 Å². The summed E-state index contributed by atoms with van der Waals surface area (Å²) >= 11 is 0. The van der Waals surface area contributed by atoms with E-state index in [2.05, 4.69) is 20.8 Å². The highest BCUT2D eigenvalue weighted by molar-refractivity contribution is 7.91. The van der Waals surface area contributed by atoms with E-state index in [-0.39, 0.29) is 29.9 Å². The van der Waals surface area contributed by atoms with Crippen LogP contribution in [0.1, 0.15) is 12.1 Å². The molecule has 0 aromatic carbocycles. The van der Waals surface area contributed by atoms with E-state index < -0.39 is 9.84 Å². The van der Waals surface area contributed by atoms with Crippen molar-refractivity contribution in [2.45, 2.75) is 19.4 Å². The summed E-state index contributed by atoms with van der Waals surface area (Å²) < 4.78 is 22.8. The van der Waals surface area contributed by atoms with Crippen LogP contribution in [0.25, 0.3) is 0 Å². The van der Waals surface area contributed by atoms with E-state index in [9.17, 15) is 13.2 Å². The SMILES string of the molecule is Cc1cc(NC(=O)CC2CS(=O)(=O)CCN2)n[nH]1. The molecule has 1 saturated heterocycles. The van der Waals surface area contributed by atoms with Crippen LogP contribution < -0.4 is 10.6 Å². The van der Waals surface area contributed by atoms with Crippen molar-refractivity contribution in [3.8, 4) is 0 Å². The van der Waals surface area contributed by atoms with Crippen molar-refractivity contribution in [1.29, 1.82) is 0 Å². The average molecular weight is 272 g/mol. The maximum atomic E-state index is 11.7. The molecule has 1 atom stereocenters. The number of hydrogen-bond donors (Lipinski definition) is 3. The second-order valence-electron chi connectivity index (χ2n) is 4.45. The molecule has 1 aromatic rings. The van der Waals surface area contributed by atoms with E-state index in [1.165, 1.54) is 0 Å². The summed E-state index contributed by atoms with van der Waals surface area (Å²) in [7, 11) is -3.01. The molecule has 0 radical (unpaired) electrons. The number of nitrogens with one attached hydrogen (secondary N) is 3. The van der Waals surface area contributed by atoms with E-state index in [0.717, 1.165) is 5.69 Å². The molecule has 3 N–H and O–H groups in total. The van der Waals surface area contributed by atoms with Gasteiger partial charge in [0.1, 0.15) is 0 Å². The van der Waals surface area contributed by atoms with Crippen LogP contribution >= 0.6 is 0 Å². The first-order valence-electron chi connectivity index (χ1n) is 5.70. The van der Waals surface area contributed by atoms with Gasteiger partial charge in [-0.3, -0.25) is 9.89 Å². The molecular weight excluding hydrogens is 256 g/mol. The first-order chi connectivity index (χ1) is 8.44. The van der Waals surface area contributed by atoms with Gasteiger partial charge in [-0.2, -0.15) is 5.10 Å². The minimum absolute atomic E-state index is 0.0139. The molecule has 0 bridgehead atoms. The number of amides is 1. The number of aromatic nitrogens is 2. The number of rotatable bonds is 3. The lowest BCUT2D eigenvalue weighted by molar-refractivity contribution is -0.116. The molecule has 1 aliphatic heterocycles. The maximum Gasteiger partial charge on any atom is 0.227 e. The van der Waals surface area contributed by atoms with Gasteiger partial charge < -0.3 is 10.6 Å². The molecule has 18 heavy (non-hydrogen) atoms. The lowest BCUT2D eigenvalue weighted by Crippen LogP contribution is -2.46. The summed E-state index contributed by atoms with van der Waals surface area (Å²) in [6.45, 7) is 2.24. The van der Waals surface area contributed by atoms with Crippen LogP contribution in [0.2, 0.25) is 0 Å². The van der Waals surface area contributed by atoms with Crippen molar-refractivity contribution in [3.05, 3.63) is 11.8 Å². The Labute approximate surface area is 105 Å². The summed E-state index contributed by atoms with van der Waals surface area (Å²) in [6, 6.07) is 1.40. The average Bonchev–Trinajstić information content (AvgIpc) is 2.62. The third kappa shape index (κ3) is 3.54. The van der Waals surface area contributed by atoms with E-state index in [1.807, 2.05) is 6.92 Å². The highest BCUT2D eigenvalue weighted by Gasteiger charge is 2.26. The summed E-state index contributed by atoms with van der Waals surface area (Å²) in [5.41, 5.74) is 0.851. The third-order valence-electron chi connectivity index (χ3n) is 2.71. The maximum absolute atomic E-state index is 11.7. The van der Waals surface area contributed by atoms with Crippen molar-refractivity contribution < 1.29 is 13.2 Å². The van der Waals surface area contributed by atoms with Crippen molar-refractivity contribution in [2.75, 3.05) is 23.4 Å². The number of carbonyl (C=O) groups excluding carboxylic acids is 1. The molecule has 7 nitrogen and oxygen atoms in total. The fourth-order valence-corrected chi connectivity index (χ4v) is 3.34. The Morgan fingerprint density at radius 1 is 1.61 bits per heavy atom. The summed E-state index contributed by atoms with van der Waals surface area (Å²) in [4.78, 5) is 11.7. The third-order valence-corrected chi connectivity index (χ3v) is 4.44. The van der Waals surface area contributed by atoms with Crippen molar-refractivity contribution in [2.24, 2.45) is 0 Å². The number of nitrogens with zero attached hydrogens (tertiary/aromatic N) is 1. The Bertz CT molecular complexity index is 537. The summed E-state index contributed by atoms with van der Waals surface area (Å²) in [5, 5.41) is 12.2. The van der Waals surface area contributed by atoms with Crippen LogP contribution in [0.15, 0.2) is 6.07 Å². The molecule has 1 aliphatic rings. The van der Waals surface area contributed by atoms with Crippen LogP contribution in [0.3, 0.4) is 0 Å². The Kier molecular flexibility index (Phi) is 3.67. The molecule has 0 spiro atoms. The van der Waals surface area contributed by atoms with Gasteiger partial charge in [0.25, 0.3) is 0 Å². The molecule has 100 valence electrons. The largest absolute Gasteiger partial charge is 0.311 e. The monoisotopic (exact) mass is 272 g/mol. The highest BCUT2D eigenvalue weighted by atomic mass is 32.2. The zero-order chi connectivity index (χ0) is 13.2. The van der Waals surface area contributed by atoms with Gasteiger partial charge in [-0.25, -0.2) is 8.42 Å². The smallest absolute Gasteiger partial charge is 0.227 e. The molecule has 2 heterocycles. The number of aryl methyl sites for hydroxylation is 1. The molecule has 2 rings (SSSR count). The summed E-state index contributed by atoms with van der Waals surface area (Å²) in [6.07, 6.45) is 0.130. The van der Waals surface area contributed by atoms with Gasteiger partial charge in [-0.1, -0.05) is 0 Å². The van der Waals surface area contributed by atoms with Gasteiger partial charge in [0.2, 0.25) is 5.91 Å². The number of sulfone groups is 1. The predicted molar refractivity (Wildman–Crippen MR) is 67.0 cm³/mol. The van der Waals surface area contributed by atoms with Gasteiger partial charge >= 0.3 is 0 Å². The molecule has 1 amide bonds. The zero-order valence-electron chi connectivity index (χ0n) is 10.1. The van der Waals surface area contributed by atoms with Crippen molar-refractivity contribution in [1.82, 2.24) is 15.5 Å². The standard InChI is InChI=1S/C10H16N4O3S/c1-7-4-9(14-13-7)12-10(15)5-8-6-18(16,17)3-2-11-8/h4,8,11H,2-3,5-6H2,1H3,(H2,12,13,14,15). The van der Waals surface area contributed by atoms with Gasteiger partial charge in [0, 0.05) is 30.8 Å². The zero-order valence-corrected chi connectivity index (χ0v) is 10.9. The molecule has 0 saturated carbocycles. The lowest BCUT2D eigenvalue weighted by atomic mass is 10.2. The van der Waals surface area contributed by atoms with Crippen molar-refractivity contribution in [3.63, 3.8) is 0 Å². The Morgan fingerprint density at radius 3 is 3.00 bits per heavy atom. The second kappa shape index (κ2) is 5.07. The predicted octanol–water partition coefficient (Wildman–Crippen LogP) is -0.567. The molecule has 8 heteroatoms. The van der Waals surface area contributed by atoms with E-state index in [0.29, 0.717) is 12.4 Å². The number of aromatic amines is 1. The molecule has 1 fully saturated rings. The minimum atomic E-state index is -3.01. The fourth-order valence-electron chi connectivity index (χ4n) is 1.90. The summed E-state index contributed by atoms with van der Waals surface area (Å²) in [5.74, 6) is 0.372. The number of carbonyl (C=O) groups is 1.